The lowest BCUT2D eigenvalue weighted by Crippen LogP contribution is -2.50. The second-order valence-electron chi connectivity index (χ2n) is 10.5. The Balaban J connectivity index is 1.46. The maximum absolute atomic E-state index is 14.1. The first-order chi connectivity index (χ1) is 17.5. The standard InChI is InChI=1S/C28H36N4O3S/c1-19-8-10-21(11-9-19)26(33)32(22-12-16-31(17-13-22)28-29-14-5-15-30-28)23-18-24(36-25(23)27(34)35)20-6-3-2-4-7-20/h5-6,14-15,18-19,21-22H,2-4,7-13,16-17H2,1H3,(H,34,35)/t19-,21-. The molecule has 2 aromatic rings. The number of hydrogen-bond donors (Lipinski definition) is 1. The number of thiophene rings is 1. The summed E-state index contributed by atoms with van der Waals surface area (Å²) in [6.45, 7) is 3.74. The Hall–Kier alpha value is -2.74. The summed E-state index contributed by atoms with van der Waals surface area (Å²) in [5, 5.41) is 10.2. The van der Waals surface area contributed by atoms with E-state index in [0.29, 0.717) is 22.4 Å². The summed E-state index contributed by atoms with van der Waals surface area (Å²) in [6, 6.07) is 3.78. The molecule has 0 radical (unpaired) electrons. The third-order valence-corrected chi connectivity index (χ3v) is 9.23. The Morgan fingerprint density at radius 1 is 1.06 bits per heavy atom. The molecule has 8 heteroatoms. The van der Waals surface area contributed by atoms with Crippen LogP contribution >= 0.6 is 11.3 Å². The topological polar surface area (TPSA) is 86.6 Å². The first-order valence-corrected chi connectivity index (χ1v) is 14.2. The number of aromatic carboxylic acids is 1. The number of rotatable bonds is 6. The molecule has 0 unspecified atom stereocenters. The molecule has 2 fully saturated rings. The van der Waals surface area contributed by atoms with Gasteiger partial charge in [-0.2, -0.15) is 0 Å². The summed E-state index contributed by atoms with van der Waals surface area (Å²) in [7, 11) is 0. The number of carbonyl (C=O) groups excluding carboxylic acids is 1. The van der Waals surface area contributed by atoms with E-state index in [2.05, 4.69) is 27.9 Å². The highest BCUT2D eigenvalue weighted by Gasteiger charge is 2.37. The van der Waals surface area contributed by atoms with E-state index in [9.17, 15) is 14.7 Å². The molecule has 0 spiro atoms. The first kappa shape index (κ1) is 24.9. The zero-order chi connectivity index (χ0) is 25.1. The van der Waals surface area contributed by atoms with Gasteiger partial charge in [-0.3, -0.25) is 4.79 Å². The van der Waals surface area contributed by atoms with Gasteiger partial charge >= 0.3 is 5.97 Å². The Morgan fingerprint density at radius 3 is 2.42 bits per heavy atom. The molecule has 2 aliphatic carbocycles. The van der Waals surface area contributed by atoms with Crippen LogP contribution in [0.5, 0.6) is 0 Å². The molecule has 1 saturated heterocycles. The predicted molar refractivity (Wildman–Crippen MR) is 144 cm³/mol. The van der Waals surface area contributed by atoms with Gasteiger partial charge in [0.05, 0.1) is 5.69 Å². The number of hydrogen-bond acceptors (Lipinski definition) is 6. The maximum atomic E-state index is 14.1. The molecule has 7 nitrogen and oxygen atoms in total. The van der Waals surface area contributed by atoms with E-state index in [1.54, 1.807) is 12.4 Å². The van der Waals surface area contributed by atoms with Crippen LogP contribution in [0.25, 0.3) is 5.57 Å². The molecule has 1 aliphatic heterocycles. The monoisotopic (exact) mass is 508 g/mol. The quantitative estimate of drug-likeness (QED) is 0.513. The predicted octanol–water partition coefficient (Wildman–Crippen LogP) is 6.02. The third kappa shape index (κ3) is 5.33. The van der Waals surface area contributed by atoms with Crippen LogP contribution in [0.2, 0.25) is 0 Å². The average molecular weight is 509 g/mol. The molecule has 0 aromatic carbocycles. The lowest BCUT2D eigenvalue weighted by molar-refractivity contribution is -0.124. The molecule has 1 saturated carbocycles. The van der Waals surface area contributed by atoms with Crippen LogP contribution in [0, 0.1) is 11.8 Å². The van der Waals surface area contributed by atoms with E-state index >= 15 is 0 Å². The van der Waals surface area contributed by atoms with Gasteiger partial charge in [-0.15, -0.1) is 11.3 Å². The number of aromatic nitrogens is 2. The highest BCUT2D eigenvalue weighted by Crippen LogP contribution is 2.41. The lowest BCUT2D eigenvalue weighted by Gasteiger charge is -2.40. The first-order valence-electron chi connectivity index (χ1n) is 13.4. The average Bonchev–Trinajstić information content (AvgIpc) is 3.36. The summed E-state index contributed by atoms with van der Waals surface area (Å²) in [5.74, 6) is 0.500. The number of carboxylic acid groups (broad SMARTS) is 1. The summed E-state index contributed by atoms with van der Waals surface area (Å²) < 4.78 is 0. The molecular weight excluding hydrogens is 472 g/mol. The number of amides is 1. The van der Waals surface area contributed by atoms with Gasteiger partial charge in [-0.25, -0.2) is 14.8 Å². The SMILES string of the molecule is C[C@H]1CC[C@H](C(=O)N(c2cc(C3=CCCCC3)sc2C(=O)O)C2CCN(c3ncccn3)CC2)CC1. The Labute approximate surface area is 217 Å². The minimum atomic E-state index is -0.942. The van der Waals surface area contributed by atoms with Crippen LogP contribution in [0.15, 0.2) is 30.6 Å². The van der Waals surface area contributed by atoms with Crippen molar-refractivity contribution in [2.45, 2.75) is 77.2 Å². The smallest absolute Gasteiger partial charge is 0.348 e. The summed E-state index contributed by atoms with van der Waals surface area (Å²) >= 11 is 1.34. The summed E-state index contributed by atoms with van der Waals surface area (Å²) in [5.41, 5.74) is 1.84. The fourth-order valence-corrected chi connectivity index (χ4v) is 6.97. The molecule has 0 bridgehead atoms. The van der Waals surface area contributed by atoms with Crippen molar-refractivity contribution in [3.05, 3.63) is 40.4 Å². The number of nitrogens with zero attached hydrogens (tertiary/aromatic N) is 4. The molecule has 1 amide bonds. The second-order valence-corrected chi connectivity index (χ2v) is 11.6. The second kappa shape index (κ2) is 11.1. The van der Waals surface area contributed by atoms with Crippen molar-refractivity contribution in [1.29, 1.82) is 0 Å². The van der Waals surface area contributed by atoms with Gasteiger partial charge < -0.3 is 14.9 Å². The van der Waals surface area contributed by atoms with Gasteiger partial charge in [0.2, 0.25) is 11.9 Å². The summed E-state index contributed by atoms with van der Waals surface area (Å²) in [6.07, 6.45) is 15.5. The van der Waals surface area contributed by atoms with Crippen LogP contribution in [0.1, 0.15) is 85.7 Å². The van der Waals surface area contributed by atoms with Gasteiger partial charge in [0, 0.05) is 42.3 Å². The fourth-order valence-electron chi connectivity index (χ4n) is 5.91. The van der Waals surface area contributed by atoms with E-state index < -0.39 is 5.97 Å². The minimum Gasteiger partial charge on any atom is -0.477 e. The highest BCUT2D eigenvalue weighted by atomic mass is 32.1. The van der Waals surface area contributed by atoms with Crippen molar-refractivity contribution < 1.29 is 14.7 Å². The molecule has 36 heavy (non-hydrogen) atoms. The number of carboxylic acids is 1. The van der Waals surface area contributed by atoms with Crippen LogP contribution in [-0.4, -0.2) is 46.1 Å². The van der Waals surface area contributed by atoms with Crippen molar-refractivity contribution in [2.24, 2.45) is 11.8 Å². The number of carbonyl (C=O) groups is 2. The molecule has 3 aliphatic rings. The van der Waals surface area contributed by atoms with Crippen molar-refractivity contribution >= 4 is 40.4 Å². The highest BCUT2D eigenvalue weighted by molar-refractivity contribution is 7.15. The van der Waals surface area contributed by atoms with E-state index in [1.165, 1.54) is 23.3 Å². The number of piperidine rings is 1. The van der Waals surface area contributed by atoms with Crippen LogP contribution in [0.3, 0.4) is 0 Å². The van der Waals surface area contributed by atoms with E-state index in [4.69, 9.17) is 0 Å². The zero-order valence-electron chi connectivity index (χ0n) is 21.1. The molecule has 1 N–H and O–H groups in total. The number of anilines is 2. The van der Waals surface area contributed by atoms with E-state index in [0.717, 1.165) is 75.8 Å². The Morgan fingerprint density at radius 2 is 1.78 bits per heavy atom. The third-order valence-electron chi connectivity index (χ3n) is 8.04. The van der Waals surface area contributed by atoms with Gasteiger partial charge in [0.1, 0.15) is 4.88 Å². The Bertz CT molecular complexity index is 1100. The molecule has 3 heterocycles. The van der Waals surface area contributed by atoms with E-state index in [1.807, 2.05) is 17.0 Å². The largest absolute Gasteiger partial charge is 0.477 e. The molecule has 2 aromatic heterocycles. The van der Waals surface area contributed by atoms with Crippen LogP contribution < -0.4 is 9.80 Å². The fraction of sp³-hybridized carbons (Fsp3) is 0.571. The summed E-state index contributed by atoms with van der Waals surface area (Å²) in [4.78, 5) is 40.7. The van der Waals surface area contributed by atoms with E-state index in [-0.39, 0.29) is 17.9 Å². The molecule has 192 valence electrons. The zero-order valence-corrected chi connectivity index (χ0v) is 21.9. The van der Waals surface area contributed by atoms with Gasteiger partial charge in [-0.1, -0.05) is 13.0 Å². The van der Waals surface area contributed by atoms with Crippen molar-refractivity contribution in [3.63, 3.8) is 0 Å². The number of allylic oxidation sites excluding steroid dienone is 2. The minimum absolute atomic E-state index is 0.0299. The lowest BCUT2D eigenvalue weighted by atomic mass is 9.82. The van der Waals surface area contributed by atoms with Crippen molar-refractivity contribution in [2.75, 3.05) is 22.9 Å². The normalized spacial score (nSPS) is 23.2. The van der Waals surface area contributed by atoms with Crippen LogP contribution in [0.4, 0.5) is 11.6 Å². The van der Waals surface area contributed by atoms with Gasteiger partial charge in [0.15, 0.2) is 0 Å². The van der Waals surface area contributed by atoms with Crippen molar-refractivity contribution in [3.8, 4) is 0 Å². The van der Waals surface area contributed by atoms with Gasteiger partial charge in [-0.05, 0) is 87.8 Å². The van der Waals surface area contributed by atoms with Crippen LogP contribution in [-0.2, 0) is 4.79 Å². The Kier molecular flexibility index (Phi) is 7.70. The molecule has 5 rings (SSSR count). The van der Waals surface area contributed by atoms with Crippen molar-refractivity contribution in [1.82, 2.24) is 9.97 Å². The molecule has 0 atom stereocenters. The van der Waals surface area contributed by atoms with Gasteiger partial charge in [0.25, 0.3) is 0 Å². The molecular formula is C28H36N4O3S. The maximum Gasteiger partial charge on any atom is 0.348 e.